The Labute approximate surface area is 175 Å². The number of imidazole rings is 1. The van der Waals surface area contributed by atoms with Crippen molar-refractivity contribution in [3.8, 4) is 5.75 Å². The van der Waals surface area contributed by atoms with Crippen molar-refractivity contribution in [1.82, 2.24) is 24.1 Å². The standard InChI is InChI=1S/C22H25N5OS/c1-5-27-21(17(4)28-19-10-9-15(2)12-16(19)3)24-25-22(27)29-14-18-13-26-11-7-6-8-20(26)23-18/h6-13,17H,5,14H2,1-4H3. The lowest BCUT2D eigenvalue weighted by Gasteiger charge is -2.17. The fourth-order valence-corrected chi connectivity index (χ4v) is 4.27. The third-order valence-electron chi connectivity index (χ3n) is 4.82. The maximum absolute atomic E-state index is 6.20. The molecule has 29 heavy (non-hydrogen) atoms. The molecule has 1 atom stereocenters. The van der Waals surface area contributed by atoms with E-state index in [-0.39, 0.29) is 6.10 Å². The second kappa shape index (κ2) is 8.29. The lowest BCUT2D eigenvalue weighted by atomic mass is 10.1. The van der Waals surface area contributed by atoms with Crippen LogP contribution >= 0.6 is 11.8 Å². The summed E-state index contributed by atoms with van der Waals surface area (Å²) >= 11 is 1.65. The number of aryl methyl sites for hydroxylation is 2. The molecule has 1 unspecified atom stereocenters. The molecule has 0 N–H and O–H groups in total. The van der Waals surface area contributed by atoms with Gasteiger partial charge in [-0.25, -0.2) is 4.98 Å². The Morgan fingerprint density at radius 1 is 1.14 bits per heavy atom. The maximum atomic E-state index is 6.20. The van der Waals surface area contributed by atoms with E-state index in [4.69, 9.17) is 4.74 Å². The monoisotopic (exact) mass is 407 g/mol. The highest BCUT2D eigenvalue weighted by Gasteiger charge is 2.19. The van der Waals surface area contributed by atoms with E-state index in [1.54, 1.807) is 11.8 Å². The van der Waals surface area contributed by atoms with Crippen molar-refractivity contribution >= 4 is 17.4 Å². The second-order valence-electron chi connectivity index (χ2n) is 7.10. The fourth-order valence-electron chi connectivity index (χ4n) is 3.37. The second-order valence-corrected chi connectivity index (χ2v) is 8.04. The fraction of sp³-hybridized carbons (Fsp3) is 0.318. The van der Waals surface area contributed by atoms with Gasteiger partial charge in [0.15, 0.2) is 17.1 Å². The van der Waals surface area contributed by atoms with Crippen LogP contribution < -0.4 is 4.74 Å². The summed E-state index contributed by atoms with van der Waals surface area (Å²) in [6, 6.07) is 12.2. The third kappa shape index (κ3) is 4.15. The molecule has 0 aliphatic rings. The molecule has 4 rings (SSSR count). The number of hydrogen-bond acceptors (Lipinski definition) is 5. The van der Waals surface area contributed by atoms with Gasteiger partial charge in [0.05, 0.1) is 5.69 Å². The average molecular weight is 408 g/mol. The van der Waals surface area contributed by atoms with Crippen LogP contribution in [0.3, 0.4) is 0 Å². The number of thioether (sulfide) groups is 1. The van der Waals surface area contributed by atoms with Crippen LogP contribution in [0.15, 0.2) is 53.9 Å². The Morgan fingerprint density at radius 2 is 2.00 bits per heavy atom. The Hall–Kier alpha value is -2.80. The van der Waals surface area contributed by atoms with Gasteiger partial charge >= 0.3 is 0 Å². The molecule has 0 aliphatic carbocycles. The first-order chi connectivity index (χ1) is 14.0. The van der Waals surface area contributed by atoms with Crippen molar-refractivity contribution in [3.63, 3.8) is 0 Å². The first-order valence-corrected chi connectivity index (χ1v) is 10.8. The zero-order chi connectivity index (χ0) is 20.4. The average Bonchev–Trinajstić information content (AvgIpc) is 3.31. The minimum Gasteiger partial charge on any atom is -0.482 e. The number of benzene rings is 1. The van der Waals surface area contributed by atoms with E-state index >= 15 is 0 Å². The molecule has 3 aromatic heterocycles. The lowest BCUT2D eigenvalue weighted by molar-refractivity contribution is 0.208. The van der Waals surface area contributed by atoms with Crippen LogP contribution in [-0.4, -0.2) is 24.1 Å². The van der Waals surface area contributed by atoms with Gasteiger partial charge < -0.3 is 13.7 Å². The van der Waals surface area contributed by atoms with Gasteiger partial charge in [-0.2, -0.15) is 0 Å². The van der Waals surface area contributed by atoms with Crippen molar-refractivity contribution < 1.29 is 4.74 Å². The molecule has 0 fully saturated rings. The number of pyridine rings is 1. The Balaban J connectivity index is 1.49. The third-order valence-corrected chi connectivity index (χ3v) is 5.82. The van der Waals surface area contributed by atoms with Crippen molar-refractivity contribution in [3.05, 3.63) is 71.4 Å². The first kappa shape index (κ1) is 19.5. The van der Waals surface area contributed by atoms with Crippen molar-refractivity contribution in [2.24, 2.45) is 0 Å². The van der Waals surface area contributed by atoms with E-state index in [1.807, 2.05) is 41.8 Å². The van der Waals surface area contributed by atoms with Crippen LogP contribution in [0.4, 0.5) is 0 Å². The van der Waals surface area contributed by atoms with Gasteiger partial charge in [0.2, 0.25) is 0 Å². The summed E-state index contributed by atoms with van der Waals surface area (Å²) in [6.45, 7) is 9.06. The van der Waals surface area contributed by atoms with Gasteiger partial charge in [0, 0.05) is 24.7 Å². The van der Waals surface area contributed by atoms with E-state index in [9.17, 15) is 0 Å². The summed E-state index contributed by atoms with van der Waals surface area (Å²) in [4.78, 5) is 4.66. The van der Waals surface area contributed by atoms with Gasteiger partial charge in [0.1, 0.15) is 11.4 Å². The van der Waals surface area contributed by atoms with E-state index in [0.717, 1.165) is 45.9 Å². The van der Waals surface area contributed by atoms with Gasteiger partial charge in [0.25, 0.3) is 0 Å². The van der Waals surface area contributed by atoms with E-state index in [2.05, 4.69) is 58.8 Å². The number of ether oxygens (including phenoxy) is 1. The van der Waals surface area contributed by atoms with Crippen molar-refractivity contribution in [2.75, 3.05) is 0 Å². The highest BCUT2D eigenvalue weighted by Crippen LogP contribution is 2.28. The number of nitrogens with zero attached hydrogens (tertiary/aromatic N) is 5. The molecule has 6 nitrogen and oxygen atoms in total. The van der Waals surface area contributed by atoms with Crippen LogP contribution in [0, 0.1) is 13.8 Å². The Morgan fingerprint density at radius 3 is 2.76 bits per heavy atom. The molecule has 3 heterocycles. The molecule has 0 bridgehead atoms. The summed E-state index contributed by atoms with van der Waals surface area (Å²) in [6.07, 6.45) is 3.88. The summed E-state index contributed by atoms with van der Waals surface area (Å²) in [5, 5.41) is 9.73. The van der Waals surface area contributed by atoms with Gasteiger partial charge in [-0.3, -0.25) is 0 Å². The molecule has 0 radical (unpaired) electrons. The van der Waals surface area contributed by atoms with Gasteiger partial charge in [-0.05, 0) is 51.5 Å². The zero-order valence-corrected chi connectivity index (χ0v) is 18.0. The summed E-state index contributed by atoms with van der Waals surface area (Å²) in [5.74, 6) is 2.46. The molecular weight excluding hydrogens is 382 g/mol. The molecule has 7 heteroatoms. The zero-order valence-electron chi connectivity index (χ0n) is 17.2. The van der Waals surface area contributed by atoms with Crippen LogP contribution in [0.1, 0.15) is 42.6 Å². The molecular formula is C22H25N5OS. The summed E-state index contributed by atoms with van der Waals surface area (Å²) < 4.78 is 10.3. The quantitative estimate of drug-likeness (QED) is 0.404. The molecule has 0 spiro atoms. The highest BCUT2D eigenvalue weighted by molar-refractivity contribution is 7.98. The Kier molecular flexibility index (Phi) is 5.58. The Bertz CT molecular complexity index is 1100. The molecule has 0 amide bonds. The van der Waals surface area contributed by atoms with Crippen LogP contribution in [0.5, 0.6) is 5.75 Å². The molecule has 0 saturated heterocycles. The van der Waals surface area contributed by atoms with Gasteiger partial charge in [-0.15, -0.1) is 10.2 Å². The van der Waals surface area contributed by atoms with Crippen molar-refractivity contribution in [2.45, 2.75) is 51.3 Å². The molecule has 4 aromatic rings. The van der Waals surface area contributed by atoms with Crippen LogP contribution in [0.25, 0.3) is 5.65 Å². The predicted molar refractivity (Wildman–Crippen MR) is 115 cm³/mol. The van der Waals surface area contributed by atoms with Crippen LogP contribution in [-0.2, 0) is 12.3 Å². The largest absolute Gasteiger partial charge is 0.482 e. The predicted octanol–water partition coefficient (Wildman–Crippen LogP) is 4.99. The molecule has 0 saturated carbocycles. The van der Waals surface area contributed by atoms with E-state index in [0.29, 0.717) is 0 Å². The van der Waals surface area contributed by atoms with Gasteiger partial charge in [-0.1, -0.05) is 35.5 Å². The van der Waals surface area contributed by atoms with Crippen molar-refractivity contribution in [1.29, 1.82) is 0 Å². The highest BCUT2D eigenvalue weighted by atomic mass is 32.2. The molecule has 0 aliphatic heterocycles. The first-order valence-electron chi connectivity index (χ1n) is 9.77. The smallest absolute Gasteiger partial charge is 0.191 e. The van der Waals surface area contributed by atoms with Crippen LogP contribution in [0.2, 0.25) is 0 Å². The van der Waals surface area contributed by atoms with E-state index in [1.165, 1.54) is 5.56 Å². The lowest BCUT2D eigenvalue weighted by Crippen LogP contribution is -2.12. The molecule has 150 valence electrons. The maximum Gasteiger partial charge on any atom is 0.191 e. The number of fused-ring (bicyclic) bond motifs is 1. The summed E-state index contributed by atoms with van der Waals surface area (Å²) in [5.41, 5.74) is 4.33. The number of rotatable bonds is 7. The minimum atomic E-state index is -0.187. The number of aromatic nitrogens is 5. The topological polar surface area (TPSA) is 57.2 Å². The SMILES string of the molecule is CCn1c(SCc2cn3ccccc3n2)nnc1C(C)Oc1ccc(C)cc1C. The van der Waals surface area contributed by atoms with E-state index < -0.39 is 0 Å². The molecule has 1 aromatic carbocycles. The normalized spacial score (nSPS) is 12.4. The number of hydrogen-bond donors (Lipinski definition) is 0. The minimum absolute atomic E-state index is 0.187. The summed E-state index contributed by atoms with van der Waals surface area (Å²) in [7, 11) is 0.